The minimum atomic E-state index is -0.273. The largest absolute Gasteiger partial charge is 0.379 e. The van der Waals surface area contributed by atoms with E-state index in [1.54, 1.807) is 21.6 Å². The number of carbonyl (C=O) groups is 3. The van der Waals surface area contributed by atoms with E-state index in [0.717, 1.165) is 43.6 Å². The van der Waals surface area contributed by atoms with E-state index in [1.807, 2.05) is 18.2 Å². The minimum absolute atomic E-state index is 0. The number of benzene rings is 1. The van der Waals surface area contributed by atoms with Gasteiger partial charge in [-0.05, 0) is 44.0 Å². The summed E-state index contributed by atoms with van der Waals surface area (Å²) in [5.41, 5.74) is 1.83. The quantitative estimate of drug-likeness (QED) is 0.693. The van der Waals surface area contributed by atoms with E-state index >= 15 is 0 Å². The third kappa shape index (κ3) is 5.53. The summed E-state index contributed by atoms with van der Waals surface area (Å²) >= 11 is 0. The van der Waals surface area contributed by atoms with Gasteiger partial charge in [0.15, 0.2) is 0 Å². The van der Waals surface area contributed by atoms with Gasteiger partial charge >= 0.3 is 0 Å². The molecule has 0 unspecified atom stereocenters. The molecule has 2 saturated heterocycles. The van der Waals surface area contributed by atoms with E-state index in [9.17, 15) is 14.4 Å². The Bertz CT molecular complexity index is 843. The van der Waals surface area contributed by atoms with E-state index in [-0.39, 0.29) is 42.2 Å². The molecule has 8 nitrogen and oxygen atoms in total. The van der Waals surface area contributed by atoms with Crippen LogP contribution in [0.4, 0.5) is 5.69 Å². The second-order valence-electron chi connectivity index (χ2n) is 8.98. The van der Waals surface area contributed by atoms with Crippen LogP contribution < -0.4 is 10.6 Å². The fourth-order valence-electron chi connectivity index (χ4n) is 4.90. The topological polar surface area (TPSA) is 85.0 Å². The van der Waals surface area contributed by atoms with Crippen molar-refractivity contribution in [2.75, 3.05) is 51.1 Å². The molecule has 3 amide bonds. The van der Waals surface area contributed by atoms with Crippen molar-refractivity contribution in [2.45, 2.75) is 44.7 Å². The first kappa shape index (κ1) is 24.3. The van der Waals surface area contributed by atoms with Crippen molar-refractivity contribution >= 4 is 35.8 Å². The lowest BCUT2D eigenvalue weighted by molar-refractivity contribution is -0.142. The molecular formula is C23H34ClN5O3. The normalized spacial score (nSPS) is 20.9. The molecule has 0 radical (unpaired) electrons. The Morgan fingerprint density at radius 3 is 2.47 bits per heavy atom. The Kier molecular flexibility index (Phi) is 8.00. The van der Waals surface area contributed by atoms with Crippen molar-refractivity contribution in [3.63, 3.8) is 0 Å². The maximum atomic E-state index is 13.3. The lowest BCUT2D eigenvalue weighted by atomic mass is 9.83. The third-order valence-electron chi connectivity index (χ3n) is 6.80. The van der Waals surface area contributed by atoms with Crippen LogP contribution in [0.3, 0.4) is 0 Å². The fraction of sp³-hybridized carbons (Fsp3) is 0.609. The van der Waals surface area contributed by atoms with E-state index in [2.05, 4.69) is 16.7 Å². The lowest BCUT2D eigenvalue weighted by Gasteiger charge is -2.42. The summed E-state index contributed by atoms with van der Waals surface area (Å²) in [4.78, 5) is 43.4. The number of carbonyl (C=O) groups excluding carboxylic acids is 3. The maximum Gasteiger partial charge on any atom is 0.242 e. The average Bonchev–Trinajstić information content (AvgIpc) is 3.01. The summed E-state index contributed by atoms with van der Waals surface area (Å²) in [6.07, 6.45) is 2.92. The zero-order valence-corrected chi connectivity index (χ0v) is 19.6. The molecule has 0 saturated carbocycles. The number of nitrogens with one attached hydrogen (secondary N) is 2. The maximum absolute atomic E-state index is 13.3. The molecule has 1 aromatic carbocycles. The molecular weight excluding hydrogens is 430 g/mol. The van der Waals surface area contributed by atoms with Crippen LogP contribution in [-0.2, 0) is 20.9 Å². The number of para-hydroxylation sites is 1. The van der Waals surface area contributed by atoms with Gasteiger partial charge in [0, 0.05) is 57.3 Å². The first-order valence-corrected chi connectivity index (χ1v) is 11.3. The number of amides is 3. The van der Waals surface area contributed by atoms with Crippen LogP contribution in [0, 0.1) is 0 Å². The molecule has 3 aliphatic rings. The number of hydrogen-bond donors (Lipinski definition) is 2. The zero-order chi connectivity index (χ0) is 21.8. The van der Waals surface area contributed by atoms with Gasteiger partial charge in [-0.15, -0.1) is 12.4 Å². The summed E-state index contributed by atoms with van der Waals surface area (Å²) in [5, 5.41) is 7.07. The Morgan fingerprint density at radius 2 is 1.72 bits per heavy atom. The highest BCUT2D eigenvalue weighted by atomic mass is 35.5. The Hall–Kier alpha value is -2.32. The van der Waals surface area contributed by atoms with Gasteiger partial charge in [0.1, 0.15) is 6.54 Å². The summed E-state index contributed by atoms with van der Waals surface area (Å²) in [6, 6.07) is 8.09. The molecule has 2 fully saturated rings. The Balaban J connectivity index is 0.00000289. The van der Waals surface area contributed by atoms with Gasteiger partial charge in [0.25, 0.3) is 0 Å². The van der Waals surface area contributed by atoms with Gasteiger partial charge < -0.3 is 25.3 Å². The molecule has 1 spiro atoms. The predicted molar refractivity (Wildman–Crippen MR) is 126 cm³/mol. The summed E-state index contributed by atoms with van der Waals surface area (Å²) in [5.74, 6) is 0.0335. The standard InChI is InChI=1S/C23H33N5O3.ClH/c1-18(29)26-11-4-12-27(14-13-26)22(31)17-28-16-19-5-2-3-6-20(19)25-23(15-21(28)30)7-9-24-10-8-23;/h2-3,5-6,24-25H,4,7-17H2,1H3;1H. The van der Waals surface area contributed by atoms with Crippen LogP contribution in [0.15, 0.2) is 24.3 Å². The molecule has 3 aliphatic heterocycles. The first-order valence-electron chi connectivity index (χ1n) is 11.3. The number of fused-ring (bicyclic) bond motifs is 1. The van der Waals surface area contributed by atoms with Gasteiger partial charge in [-0.2, -0.15) is 0 Å². The second kappa shape index (κ2) is 10.5. The highest BCUT2D eigenvalue weighted by Crippen LogP contribution is 2.33. The molecule has 0 atom stereocenters. The highest BCUT2D eigenvalue weighted by molar-refractivity contribution is 5.86. The Labute approximate surface area is 196 Å². The van der Waals surface area contributed by atoms with Crippen LogP contribution in [0.1, 0.15) is 38.2 Å². The van der Waals surface area contributed by atoms with E-state index in [4.69, 9.17) is 0 Å². The number of rotatable bonds is 2. The number of piperidine rings is 1. The fourth-order valence-corrected chi connectivity index (χ4v) is 4.90. The molecule has 32 heavy (non-hydrogen) atoms. The zero-order valence-electron chi connectivity index (χ0n) is 18.8. The van der Waals surface area contributed by atoms with Gasteiger partial charge in [-0.1, -0.05) is 18.2 Å². The molecule has 2 N–H and O–H groups in total. The molecule has 9 heteroatoms. The highest BCUT2D eigenvalue weighted by Gasteiger charge is 2.38. The van der Waals surface area contributed by atoms with Crippen LogP contribution in [-0.4, -0.2) is 83.8 Å². The van der Waals surface area contributed by atoms with E-state index in [1.165, 1.54) is 0 Å². The minimum Gasteiger partial charge on any atom is -0.379 e. The number of nitrogens with zero attached hydrogens (tertiary/aromatic N) is 3. The second-order valence-corrected chi connectivity index (χ2v) is 8.98. The van der Waals surface area contributed by atoms with E-state index in [0.29, 0.717) is 39.1 Å². The van der Waals surface area contributed by atoms with Crippen molar-refractivity contribution in [3.8, 4) is 0 Å². The Morgan fingerprint density at radius 1 is 1.03 bits per heavy atom. The predicted octanol–water partition coefficient (Wildman–Crippen LogP) is 1.46. The van der Waals surface area contributed by atoms with Crippen LogP contribution in [0.25, 0.3) is 0 Å². The van der Waals surface area contributed by atoms with Crippen molar-refractivity contribution < 1.29 is 14.4 Å². The van der Waals surface area contributed by atoms with Crippen molar-refractivity contribution in [3.05, 3.63) is 29.8 Å². The van der Waals surface area contributed by atoms with Crippen LogP contribution in [0.5, 0.6) is 0 Å². The molecule has 176 valence electrons. The van der Waals surface area contributed by atoms with Crippen LogP contribution >= 0.6 is 12.4 Å². The van der Waals surface area contributed by atoms with Gasteiger partial charge in [-0.25, -0.2) is 0 Å². The summed E-state index contributed by atoms with van der Waals surface area (Å²) in [6.45, 7) is 6.21. The molecule has 0 aliphatic carbocycles. The van der Waals surface area contributed by atoms with Crippen molar-refractivity contribution in [2.24, 2.45) is 0 Å². The number of anilines is 1. The van der Waals surface area contributed by atoms with Gasteiger partial charge in [-0.3, -0.25) is 14.4 Å². The van der Waals surface area contributed by atoms with Crippen LogP contribution in [0.2, 0.25) is 0 Å². The van der Waals surface area contributed by atoms with Crippen molar-refractivity contribution in [1.82, 2.24) is 20.0 Å². The lowest BCUT2D eigenvalue weighted by Crippen LogP contribution is -2.53. The van der Waals surface area contributed by atoms with Crippen molar-refractivity contribution in [1.29, 1.82) is 0 Å². The molecule has 3 heterocycles. The molecule has 4 rings (SSSR count). The van der Waals surface area contributed by atoms with Gasteiger partial charge in [0.05, 0.1) is 0 Å². The van der Waals surface area contributed by atoms with E-state index < -0.39 is 0 Å². The SMILES string of the molecule is CC(=O)N1CCCN(C(=O)CN2Cc3ccccc3NC3(CCNCC3)CC2=O)CC1.Cl. The van der Waals surface area contributed by atoms with Gasteiger partial charge in [0.2, 0.25) is 17.7 Å². The first-order chi connectivity index (χ1) is 15.0. The summed E-state index contributed by atoms with van der Waals surface area (Å²) in [7, 11) is 0. The summed E-state index contributed by atoms with van der Waals surface area (Å²) < 4.78 is 0. The molecule has 1 aromatic rings. The monoisotopic (exact) mass is 463 g/mol. The molecule has 0 bridgehead atoms. The average molecular weight is 464 g/mol. The smallest absolute Gasteiger partial charge is 0.242 e. The number of hydrogen-bond acceptors (Lipinski definition) is 5. The molecule has 0 aromatic heterocycles. The third-order valence-corrected chi connectivity index (χ3v) is 6.80. The number of halogens is 1.